The van der Waals surface area contributed by atoms with Crippen LogP contribution < -0.4 is 9.47 Å². The minimum Gasteiger partial charge on any atom is -0.496 e. The van der Waals surface area contributed by atoms with Gasteiger partial charge in [0, 0.05) is 23.8 Å². The summed E-state index contributed by atoms with van der Waals surface area (Å²) in [5.41, 5.74) is 0.131. The van der Waals surface area contributed by atoms with Gasteiger partial charge in [-0.05, 0) is 18.2 Å². The first-order valence-electron chi connectivity index (χ1n) is 6.48. The number of hydrogen-bond donors (Lipinski definition) is 0. The number of rotatable bonds is 5. The number of para-hydroxylation sites is 1. The van der Waals surface area contributed by atoms with E-state index in [1.807, 2.05) is 0 Å². The molecule has 0 atom stereocenters. The Labute approximate surface area is 130 Å². The Morgan fingerprint density at radius 1 is 1.22 bits per heavy atom. The average Bonchev–Trinajstić information content (AvgIpc) is 2.53. The van der Waals surface area contributed by atoms with Crippen LogP contribution in [0.5, 0.6) is 11.5 Å². The molecular formula is C16H12FNO5. The number of carbonyl (C=O) groups is 1. The van der Waals surface area contributed by atoms with Gasteiger partial charge in [-0.15, -0.1) is 0 Å². The molecule has 2 rings (SSSR count). The van der Waals surface area contributed by atoms with Gasteiger partial charge in [0.1, 0.15) is 11.6 Å². The second-order valence-electron chi connectivity index (χ2n) is 4.37. The molecule has 0 saturated heterocycles. The Morgan fingerprint density at radius 2 is 1.96 bits per heavy atom. The molecule has 0 aromatic heterocycles. The second kappa shape index (κ2) is 7.17. The predicted octanol–water partition coefficient (Wildman–Crippen LogP) is 3.36. The van der Waals surface area contributed by atoms with Crippen molar-refractivity contribution in [2.24, 2.45) is 0 Å². The van der Waals surface area contributed by atoms with Crippen LogP contribution in [0.25, 0.3) is 6.08 Å². The third-order valence-corrected chi connectivity index (χ3v) is 2.87. The molecule has 0 aliphatic rings. The summed E-state index contributed by atoms with van der Waals surface area (Å²) in [6, 6.07) is 9.58. The lowest BCUT2D eigenvalue weighted by Gasteiger charge is -2.04. The van der Waals surface area contributed by atoms with Crippen molar-refractivity contribution in [3.05, 3.63) is 70.0 Å². The van der Waals surface area contributed by atoms with Crippen molar-refractivity contribution in [3.8, 4) is 11.5 Å². The van der Waals surface area contributed by atoms with E-state index in [-0.39, 0.29) is 0 Å². The Hall–Kier alpha value is -3.22. The molecule has 118 valence electrons. The zero-order valence-electron chi connectivity index (χ0n) is 12.1. The molecule has 7 heteroatoms. The first-order valence-corrected chi connectivity index (χ1v) is 6.48. The first-order chi connectivity index (χ1) is 11.0. The van der Waals surface area contributed by atoms with Crippen molar-refractivity contribution in [1.82, 2.24) is 0 Å². The molecule has 0 bridgehead atoms. The second-order valence-corrected chi connectivity index (χ2v) is 4.37. The lowest BCUT2D eigenvalue weighted by molar-refractivity contribution is -0.385. The Morgan fingerprint density at radius 3 is 2.65 bits per heavy atom. The summed E-state index contributed by atoms with van der Waals surface area (Å²) in [6.45, 7) is 0. The molecule has 2 aromatic carbocycles. The normalized spacial score (nSPS) is 10.5. The number of ether oxygens (including phenoxy) is 2. The van der Waals surface area contributed by atoms with Crippen molar-refractivity contribution in [3.63, 3.8) is 0 Å². The zero-order valence-corrected chi connectivity index (χ0v) is 12.1. The molecule has 2 aromatic rings. The number of nitrogens with zero attached hydrogens (tertiary/aromatic N) is 1. The maximum absolute atomic E-state index is 13.2. The number of benzene rings is 2. The standard InChI is InChI=1S/C16H12FNO5/c1-22-14-5-3-2-4-11(14)6-9-16(19)23-15-10-12(17)7-8-13(15)18(20)21/h2-10H,1H3. The number of esters is 1. The maximum atomic E-state index is 13.2. The Balaban J connectivity index is 2.18. The molecule has 0 radical (unpaired) electrons. The SMILES string of the molecule is COc1ccccc1C=CC(=O)Oc1cc(F)ccc1[N+](=O)[O-]. The Kier molecular flexibility index (Phi) is 5.03. The highest BCUT2D eigenvalue weighted by Crippen LogP contribution is 2.27. The van der Waals surface area contributed by atoms with Crippen LogP contribution in [0.2, 0.25) is 0 Å². The molecule has 0 aliphatic heterocycles. The monoisotopic (exact) mass is 317 g/mol. The quantitative estimate of drug-likeness (QED) is 0.278. The number of nitro groups is 1. The minimum atomic E-state index is -0.871. The van der Waals surface area contributed by atoms with Gasteiger partial charge >= 0.3 is 11.7 Å². The van der Waals surface area contributed by atoms with Crippen LogP contribution in [-0.4, -0.2) is 18.0 Å². The molecule has 6 nitrogen and oxygen atoms in total. The van der Waals surface area contributed by atoms with Crippen molar-refractivity contribution in [2.45, 2.75) is 0 Å². The van der Waals surface area contributed by atoms with Gasteiger partial charge in [-0.2, -0.15) is 0 Å². The van der Waals surface area contributed by atoms with Crippen LogP contribution in [0.15, 0.2) is 48.5 Å². The highest BCUT2D eigenvalue weighted by Gasteiger charge is 2.18. The van der Waals surface area contributed by atoms with E-state index >= 15 is 0 Å². The van der Waals surface area contributed by atoms with E-state index in [1.54, 1.807) is 24.3 Å². The molecule has 0 saturated carbocycles. The molecule has 0 fully saturated rings. The van der Waals surface area contributed by atoms with E-state index in [9.17, 15) is 19.3 Å². The highest BCUT2D eigenvalue weighted by molar-refractivity contribution is 5.89. The van der Waals surface area contributed by atoms with Gasteiger partial charge < -0.3 is 9.47 Å². The summed E-state index contributed by atoms with van der Waals surface area (Å²) in [5, 5.41) is 10.8. The number of hydrogen-bond acceptors (Lipinski definition) is 5. The van der Waals surface area contributed by atoms with E-state index in [0.717, 1.165) is 24.3 Å². The highest BCUT2D eigenvalue weighted by atomic mass is 19.1. The zero-order chi connectivity index (χ0) is 16.8. The number of carbonyl (C=O) groups excluding carboxylic acids is 1. The predicted molar refractivity (Wildman–Crippen MR) is 80.7 cm³/mol. The molecular weight excluding hydrogens is 305 g/mol. The fraction of sp³-hybridized carbons (Fsp3) is 0.0625. The van der Waals surface area contributed by atoms with Crippen molar-refractivity contribution in [2.75, 3.05) is 7.11 Å². The number of halogens is 1. The third-order valence-electron chi connectivity index (χ3n) is 2.87. The van der Waals surface area contributed by atoms with E-state index in [2.05, 4.69) is 0 Å². The smallest absolute Gasteiger partial charge is 0.336 e. The van der Waals surface area contributed by atoms with Crippen molar-refractivity contribution < 1.29 is 23.6 Å². The lowest BCUT2D eigenvalue weighted by atomic mass is 10.2. The van der Waals surface area contributed by atoms with Crippen LogP contribution in [0.1, 0.15) is 5.56 Å². The van der Waals surface area contributed by atoms with E-state index < -0.39 is 28.1 Å². The summed E-state index contributed by atoms with van der Waals surface area (Å²) in [7, 11) is 1.49. The number of methoxy groups -OCH3 is 1. The molecule has 23 heavy (non-hydrogen) atoms. The topological polar surface area (TPSA) is 78.7 Å². The largest absolute Gasteiger partial charge is 0.496 e. The van der Waals surface area contributed by atoms with Gasteiger partial charge in [-0.25, -0.2) is 9.18 Å². The van der Waals surface area contributed by atoms with Gasteiger partial charge in [0.05, 0.1) is 12.0 Å². The first kappa shape index (κ1) is 16.2. The van der Waals surface area contributed by atoms with Crippen molar-refractivity contribution >= 4 is 17.7 Å². The summed E-state index contributed by atoms with van der Waals surface area (Å²) >= 11 is 0. The van der Waals surface area contributed by atoms with Gasteiger partial charge in [0.25, 0.3) is 0 Å². The minimum absolute atomic E-state index is 0.454. The van der Waals surface area contributed by atoms with E-state index in [4.69, 9.17) is 9.47 Å². The van der Waals surface area contributed by atoms with Gasteiger partial charge in [0.15, 0.2) is 0 Å². The fourth-order valence-electron chi connectivity index (χ4n) is 1.82. The van der Waals surface area contributed by atoms with E-state index in [0.29, 0.717) is 11.3 Å². The molecule has 0 unspecified atom stereocenters. The van der Waals surface area contributed by atoms with Crippen molar-refractivity contribution in [1.29, 1.82) is 0 Å². The summed E-state index contributed by atoms with van der Waals surface area (Å²) in [5.74, 6) is -1.52. The molecule has 0 amide bonds. The van der Waals surface area contributed by atoms with Crippen LogP contribution in [0.4, 0.5) is 10.1 Å². The van der Waals surface area contributed by atoms with Gasteiger partial charge in [0.2, 0.25) is 5.75 Å². The van der Waals surface area contributed by atoms with Crippen LogP contribution >= 0.6 is 0 Å². The molecule has 0 heterocycles. The molecule has 0 N–H and O–H groups in total. The molecule has 0 spiro atoms. The lowest BCUT2D eigenvalue weighted by Crippen LogP contribution is -2.06. The van der Waals surface area contributed by atoms with Gasteiger partial charge in [-0.3, -0.25) is 10.1 Å². The van der Waals surface area contributed by atoms with E-state index in [1.165, 1.54) is 13.2 Å². The van der Waals surface area contributed by atoms with Crippen LogP contribution in [0.3, 0.4) is 0 Å². The molecule has 0 aliphatic carbocycles. The number of nitro benzene ring substituents is 1. The Bertz CT molecular complexity index is 773. The van der Waals surface area contributed by atoms with Gasteiger partial charge in [-0.1, -0.05) is 18.2 Å². The van der Waals surface area contributed by atoms with Crippen LogP contribution in [-0.2, 0) is 4.79 Å². The van der Waals surface area contributed by atoms with Crippen LogP contribution in [0, 0.1) is 15.9 Å². The average molecular weight is 317 g/mol. The fourth-order valence-corrected chi connectivity index (χ4v) is 1.82. The summed E-state index contributed by atoms with van der Waals surface area (Å²) in [4.78, 5) is 21.9. The summed E-state index contributed by atoms with van der Waals surface area (Å²) < 4.78 is 23.1. The maximum Gasteiger partial charge on any atom is 0.336 e. The third kappa shape index (κ3) is 4.13. The summed E-state index contributed by atoms with van der Waals surface area (Å²) in [6.07, 6.45) is 2.51.